The smallest absolute Gasteiger partial charge is 0.147 e. The quantitative estimate of drug-likeness (QED) is 0.915. The van der Waals surface area contributed by atoms with Crippen LogP contribution in [0.4, 0.5) is 21.5 Å². The van der Waals surface area contributed by atoms with Crippen LogP contribution < -0.4 is 9.80 Å². The molecule has 0 fully saturated rings. The van der Waals surface area contributed by atoms with E-state index in [1.165, 1.54) is 6.07 Å². The van der Waals surface area contributed by atoms with Crippen molar-refractivity contribution in [1.29, 1.82) is 0 Å². The predicted octanol–water partition coefficient (Wildman–Crippen LogP) is 3.47. The van der Waals surface area contributed by atoms with E-state index in [1.54, 1.807) is 19.1 Å². The van der Waals surface area contributed by atoms with E-state index in [2.05, 4.69) is 4.90 Å². The molecule has 3 nitrogen and oxygen atoms in total. The van der Waals surface area contributed by atoms with Gasteiger partial charge in [0.05, 0.1) is 23.2 Å². The molecule has 0 aliphatic carbocycles. The van der Waals surface area contributed by atoms with E-state index in [0.29, 0.717) is 17.8 Å². The van der Waals surface area contributed by atoms with Crippen LogP contribution in [0.5, 0.6) is 0 Å². The fourth-order valence-electron chi connectivity index (χ4n) is 2.89. The SMILES string of the molecule is CC(O)c1cccc(F)c1N1CCN(C)c2ccccc21. The van der Waals surface area contributed by atoms with Crippen LogP contribution in [0, 0.1) is 5.82 Å². The number of benzene rings is 2. The molecule has 1 aliphatic rings. The summed E-state index contributed by atoms with van der Waals surface area (Å²) < 4.78 is 14.4. The third kappa shape index (κ3) is 2.36. The molecule has 2 aromatic carbocycles. The highest BCUT2D eigenvalue weighted by molar-refractivity contribution is 5.80. The Labute approximate surface area is 124 Å². The van der Waals surface area contributed by atoms with Crippen LogP contribution in [-0.4, -0.2) is 25.2 Å². The molecule has 0 saturated heterocycles. The van der Waals surface area contributed by atoms with E-state index in [4.69, 9.17) is 0 Å². The Morgan fingerprint density at radius 3 is 2.48 bits per heavy atom. The van der Waals surface area contributed by atoms with E-state index in [9.17, 15) is 9.50 Å². The van der Waals surface area contributed by atoms with Crippen molar-refractivity contribution >= 4 is 17.1 Å². The topological polar surface area (TPSA) is 26.7 Å². The van der Waals surface area contributed by atoms with Crippen molar-refractivity contribution in [1.82, 2.24) is 0 Å². The number of nitrogens with zero attached hydrogens (tertiary/aromatic N) is 2. The third-order valence-corrected chi connectivity index (χ3v) is 3.98. The molecule has 1 N–H and O–H groups in total. The molecule has 0 amide bonds. The van der Waals surface area contributed by atoms with Crippen molar-refractivity contribution in [3.63, 3.8) is 0 Å². The van der Waals surface area contributed by atoms with E-state index < -0.39 is 6.10 Å². The number of aliphatic hydroxyl groups is 1. The Hall–Kier alpha value is -2.07. The molecular weight excluding hydrogens is 267 g/mol. The summed E-state index contributed by atoms with van der Waals surface area (Å²) in [5.41, 5.74) is 3.14. The molecule has 1 atom stereocenters. The van der Waals surface area contributed by atoms with Gasteiger partial charge in [-0.15, -0.1) is 0 Å². The minimum atomic E-state index is -0.706. The average molecular weight is 286 g/mol. The van der Waals surface area contributed by atoms with E-state index >= 15 is 0 Å². The Bertz CT molecular complexity index is 657. The van der Waals surface area contributed by atoms with Gasteiger partial charge < -0.3 is 14.9 Å². The molecule has 1 aliphatic heterocycles. The number of fused-ring (bicyclic) bond motifs is 1. The lowest BCUT2D eigenvalue weighted by molar-refractivity contribution is 0.199. The maximum atomic E-state index is 14.4. The fraction of sp³-hybridized carbons (Fsp3) is 0.294. The van der Waals surface area contributed by atoms with Gasteiger partial charge in [-0.3, -0.25) is 0 Å². The van der Waals surface area contributed by atoms with Crippen LogP contribution in [0.2, 0.25) is 0 Å². The molecule has 1 unspecified atom stereocenters. The Morgan fingerprint density at radius 1 is 1.05 bits per heavy atom. The first-order chi connectivity index (χ1) is 10.1. The standard InChI is InChI=1S/C17H19FN2O/c1-12(21)13-6-5-7-14(18)17(13)20-11-10-19(2)15-8-3-4-9-16(15)20/h3-9,12,21H,10-11H2,1-2H3. The Kier molecular flexibility index (Phi) is 3.55. The average Bonchev–Trinajstić information content (AvgIpc) is 2.48. The van der Waals surface area contributed by atoms with Crippen molar-refractivity contribution in [3.8, 4) is 0 Å². The van der Waals surface area contributed by atoms with Gasteiger partial charge in [0, 0.05) is 25.7 Å². The summed E-state index contributed by atoms with van der Waals surface area (Å²) >= 11 is 0. The van der Waals surface area contributed by atoms with Gasteiger partial charge in [-0.05, 0) is 25.1 Å². The lowest BCUT2D eigenvalue weighted by Gasteiger charge is -2.38. The number of aliphatic hydroxyl groups excluding tert-OH is 1. The molecule has 3 rings (SSSR count). The largest absolute Gasteiger partial charge is 0.389 e. The third-order valence-electron chi connectivity index (χ3n) is 3.98. The predicted molar refractivity (Wildman–Crippen MR) is 83.8 cm³/mol. The van der Waals surface area contributed by atoms with Crippen LogP contribution in [0.15, 0.2) is 42.5 Å². The van der Waals surface area contributed by atoms with E-state index in [1.807, 2.05) is 36.2 Å². The zero-order valence-electron chi connectivity index (χ0n) is 12.3. The van der Waals surface area contributed by atoms with Gasteiger partial charge in [-0.2, -0.15) is 0 Å². The second-order valence-electron chi connectivity index (χ2n) is 5.42. The van der Waals surface area contributed by atoms with E-state index in [-0.39, 0.29) is 5.82 Å². The first-order valence-electron chi connectivity index (χ1n) is 7.14. The van der Waals surface area contributed by atoms with Gasteiger partial charge in [0.1, 0.15) is 5.82 Å². The molecule has 2 aromatic rings. The molecule has 21 heavy (non-hydrogen) atoms. The fourth-order valence-corrected chi connectivity index (χ4v) is 2.89. The summed E-state index contributed by atoms with van der Waals surface area (Å²) in [6.07, 6.45) is -0.706. The number of para-hydroxylation sites is 3. The van der Waals surface area contributed by atoms with Gasteiger partial charge in [0.25, 0.3) is 0 Å². The number of anilines is 3. The monoisotopic (exact) mass is 286 g/mol. The molecule has 0 spiro atoms. The highest BCUT2D eigenvalue weighted by Crippen LogP contribution is 2.40. The van der Waals surface area contributed by atoms with Crippen LogP contribution in [0.25, 0.3) is 0 Å². The highest BCUT2D eigenvalue weighted by atomic mass is 19.1. The number of halogens is 1. The van der Waals surface area contributed by atoms with Gasteiger partial charge in [0.15, 0.2) is 0 Å². The first kappa shape index (κ1) is 13.9. The number of hydrogen-bond donors (Lipinski definition) is 1. The molecule has 4 heteroatoms. The summed E-state index contributed by atoms with van der Waals surface area (Å²) in [7, 11) is 2.03. The summed E-state index contributed by atoms with van der Waals surface area (Å²) in [5.74, 6) is -0.298. The highest BCUT2D eigenvalue weighted by Gasteiger charge is 2.26. The normalized spacial score (nSPS) is 15.8. The van der Waals surface area contributed by atoms with Crippen molar-refractivity contribution in [3.05, 3.63) is 53.8 Å². The Balaban J connectivity index is 2.17. The van der Waals surface area contributed by atoms with Crippen LogP contribution in [-0.2, 0) is 0 Å². The van der Waals surface area contributed by atoms with Gasteiger partial charge in [-0.1, -0.05) is 24.3 Å². The maximum Gasteiger partial charge on any atom is 0.147 e. The Morgan fingerprint density at radius 2 is 1.76 bits per heavy atom. The van der Waals surface area contributed by atoms with Crippen molar-refractivity contribution in [2.45, 2.75) is 13.0 Å². The lowest BCUT2D eigenvalue weighted by atomic mass is 10.0. The van der Waals surface area contributed by atoms with Crippen LogP contribution in [0.1, 0.15) is 18.6 Å². The van der Waals surface area contributed by atoms with Crippen molar-refractivity contribution < 1.29 is 9.50 Å². The number of rotatable bonds is 2. The molecular formula is C17H19FN2O. The molecule has 0 aromatic heterocycles. The van der Waals surface area contributed by atoms with Crippen LogP contribution in [0.3, 0.4) is 0 Å². The van der Waals surface area contributed by atoms with Gasteiger partial charge in [-0.25, -0.2) is 4.39 Å². The number of hydrogen-bond acceptors (Lipinski definition) is 3. The molecule has 1 heterocycles. The maximum absolute atomic E-state index is 14.4. The summed E-state index contributed by atoms with van der Waals surface area (Å²) in [6, 6.07) is 12.8. The second-order valence-corrected chi connectivity index (χ2v) is 5.42. The van der Waals surface area contributed by atoms with E-state index in [0.717, 1.165) is 17.9 Å². The first-order valence-corrected chi connectivity index (χ1v) is 7.14. The zero-order chi connectivity index (χ0) is 15.0. The minimum Gasteiger partial charge on any atom is -0.389 e. The van der Waals surface area contributed by atoms with Crippen molar-refractivity contribution in [2.24, 2.45) is 0 Å². The molecule has 0 radical (unpaired) electrons. The van der Waals surface area contributed by atoms with Crippen molar-refractivity contribution in [2.75, 3.05) is 29.9 Å². The molecule has 0 bridgehead atoms. The van der Waals surface area contributed by atoms with Gasteiger partial charge in [0.2, 0.25) is 0 Å². The van der Waals surface area contributed by atoms with Gasteiger partial charge >= 0.3 is 0 Å². The second kappa shape index (κ2) is 5.37. The van der Waals surface area contributed by atoms with Crippen LogP contribution >= 0.6 is 0 Å². The lowest BCUT2D eigenvalue weighted by Crippen LogP contribution is -2.37. The molecule has 0 saturated carbocycles. The summed E-state index contributed by atoms with van der Waals surface area (Å²) in [5, 5.41) is 9.96. The zero-order valence-corrected chi connectivity index (χ0v) is 12.3. The summed E-state index contributed by atoms with van der Waals surface area (Å²) in [6.45, 7) is 3.17. The molecule has 110 valence electrons. The minimum absolute atomic E-state index is 0.298. The summed E-state index contributed by atoms with van der Waals surface area (Å²) in [4.78, 5) is 4.13. The number of likely N-dealkylation sites (N-methyl/N-ethyl adjacent to an activating group) is 1.